The summed E-state index contributed by atoms with van der Waals surface area (Å²) in [5.74, 6) is -2.64. The van der Waals surface area contributed by atoms with Crippen LogP contribution in [-0.2, 0) is 9.59 Å². The lowest BCUT2D eigenvalue weighted by Crippen LogP contribution is -2.48. The summed E-state index contributed by atoms with van der Waals surface area (Å²) < 4.78 is 31.7. The van der Waals surface area contributed by atoms with Gasteiger partial charge in [-0.3, -0.25) is 4.79 Å². The summed E-state index contributed by atoms with van der Waals surface area (Å²) in [6.07, 6.45) is -2.50. The summed E-state index contributed by atoms with van der Waals surface area (Å²) in [5, 5.41) is 16.0. The lowest BCUT2D eigenvalue weighted by atomic mass is 9.99. The molecule has 0 saturated carbocycles. The van der Waals surface area contributed by atoms with Crippen molar-refractivity contribution < 1.29 is 27.9 Å². The lowest BCUT2D eigenvalue weighted by molar-refractivity contribution is -0.192. The van der Waals surface area contributed by atoms with E-state index in [9.17, 15) is 18.0 Å². The van der Waals surface area contributed by atoms with E-state index in [0.717, 1.165) is 19.3 Å². The van der Waals surface area contributed by atoms with Gasteiger partial charge in [0.15, 0.2) is 0 Å². The van der Waals surface area contributed by atoms with E-state index in [1.165, 1.54) is 0 Å². The van der Waals surface area contributed by atoms with Gasteiger partial charge in [-0.15, -0.1) is 0 Å². The summed E-state index contributed by atoms with van der Waals surface area (Å²) in [6.45, 7) is 4.67. The molecule has 0 aromatic heterocycles. The second kappa shape index (κ2) is 8.58. The van der Waals surface area contributed by atoms with Crippen LogP contribution in [0.5, 0.6) is 0 Å². The Morgan fingerprint density at radius 3 is 2.36 bits per heavy atom. The number of nitrogens with zero attached hydrogens (tertiary/aromatic N) is 2. The van der Waals surface area contributed by atoms with Crippen molar-refractivity contribution in [2.45, 2.75) is 51.4 Å². The van der Waals surface area contributed by atoms with Gasteiger partial charge in [-0.25, -0.2) is 4.79 Å². The molecule has 9 heteroatoms. The van der Waals surface area contributed by atoms with Gasteiger partial charge in [0, 0.05) is 6.54 Å². The minimum absolute atomic E-state index is 0.0617. The number of alkyl halides is 3. The molecule has 3 atom stereocenters. The van der Waals surface area contributed by atoms with Gasteiger partial charge in [0.25, 0.3) is 0 Å². The molecule has 0 aromatic carbocycles. The molecule has 1 rings (SSSR count). The first-order valence-corrected chi connectivity index (χ1v) is 6.82. The molecular formula is C13H20F3N3O3. The Morgan fingerprint density at radius 2 is 2.00 bits per heavy atom. The summed E-state index contributed by atoms with van der Waals surface area (Å²) in [6, 6.07) is 1.44. The Balaban J connectivity index is 0.000000534. The standard InChI is InChI=1S/C11H19N3O.C2HF3O2/c1-3-8(2)10(13)11(15)14-6-4-5-9(14)7-12;3-2(4,5)1(6)7/h8-10H,3-6,13H2,1-2H3;(H,6,7). The molecule has 1 heterocycles. The van der Waals surface area contributed by atoms with Crippen LogP contribution in [-0.4, -0.2) is 46.7 Å². The number of likely N-dealkylation sites (tertiary alicyclic amines) is 1. The fraction of sp³-hybridized carbons (Fsp3) is 0.769. The molecule has 22 heavy (non-hydrogen) atoms. The van der Waals surface area contributed by atoms with Crippen LogP contribution in [0.15, 0.2) is 0 Å². The van der Waals surface area contributed by atoms with Crippen LogP contribution >= 0.6 is 0 Å². The maximum Gasteiger partial charge on any atom is 0.490 e. The van der Waals surface area contributed by atoms with E-state index >= 15 is 0 Å². The molecule has 126 valence electrons. The van der Waals surface area contributed by atoms with Crippen LogP contribution in [0, 0.1) is 17.2 Å². The first-order chi connectivity index (χ1) is 10.1. The molecule has 1 fully saturated rings. The third-order valence-electron chi connectivity index (χ3n) is 3.47. The van der Waals surface area contributed by atoms with Gasteiger partial charge in [-0.05, 0) is 18.8 Å². The fourth-order valence-corrected chi connectivity index (χ4v) is 1.85. The van der Waals surface area contributed by atoms with Gasteiger partial charge in [0.2, 0.25) is 5.91 Å². The SMILES string of the molecule is CCC(C)C(N)C(=O)N1CCCC1C#N.O=C(O)C(F)(F)F. The number of carbonyl (C=O) groups is 2. The van der Waals surface area contributed by atoms with E-state index in [-0.39, 0.29) is 17.9 Å². The van der Waals surface area contributed by atoms with E-state index in [1.807, 2.05) is 13.8 Å². The normalized spacial score (nSPS) is 20.4. The number of nitrogens with two attached hydrogens (primary N) is 1. The molecule has 0 radical (unpaired) electrons. The number of nitriles is 1. The molecule has 1 aliphatic rings. The maximum atomic E-state index is 12.0. The summed E-state index contributed by atoms with van der Waals surface area (Å²) in [4.78, 5) is 22.5. The Bertz CT molecular complexity index is 434. The lowest BCUT2D eigenvalue weighted by Gasteiger charge is -2.26. The van der Waals surface area contributed by atoms with Crippen molar-refractivity contribution in [2.24, 2.45) is 11.7 Å². The number of aliphatic carboxylic acids is 1. The van der Waals surface area contributed by atoms with E-state index in [2.05, 4.69) is 6.07 Å². The molecule has 3 unspecified atom stereocenters. The van der Waals surface area contributed by atoms with Crippen molar-refractivity contribution in [3.63, 3.8) is 0 Å². The van der Waals surface area contributed by atoms with Gasteiger partial charge in [0.05, 0.1) is 12.1 Å². The summed E-state index contributed by atoms with van der Waals surface area (Å²) >= 11 is 0. The number of amides is 1. The zero-order chi connectivity index (χ0) is 17.5. The number of halogens is 3. The van der Waals surface area contributed by atoms with Crippen molar-refractivity contribution in [2.75, 3.05) is 6.54 Å². The zero-order valence-electron chi connectivity index (χ0n) is 12.4. The molecule has 0 spiro atoms. The van der Waals surface area contributed by atoms with E-state index in [1.54, 1.807) is 4.90 Å². The number of hydrogen-bond donors (Lipinski definition) is 2. The molecule has 0 aliphatic carbocycles. The minimum Gasteiger partial charge on any atom is -0.475 e. The van der Waals surface area contributed by atoms with Crippen LogP contribution in [0.3, 0.4) is 0 Å². The molecule has 0 bridgehead atoms. The van der Waals surface area contributed by atoms with Crippen molar-refractivity contribution in [1.82, 2.24) is 4.90 Å². The topological polar surface area (TPSA) is 107 Å². The van der Waals surface area contributed by atoms with Gasteiger partial charge in [-0.1, -0.05) is 20.3 Å². The van der Waals surface area contributed by atoms with Crippen LogP contribution in [0.25, 0.3) is 0 Å². The number of hydrogen-bond acceptors (Lipinski definition) is 4. The number of rotatable bonds is 3. The average molecular weight is 323 g/mol. The van der Waals surface area contributed by atoms with Crippen LogP contribution in [0.2, 0.25) is 0 Å². The first kappa shape index (κ1) is 20.2. The second-order valence-corrected chi connectivity index (χ2v) is 5.03. The Morgan fingerprint density at radius 1 is 1.50 bits per heavy atom. The Labute approximate surface area is 126 Å². The highest BCUT2D eigenvalue weighted by Gasteiger charge is 2.38. The largest absolute Gasteiger partial charge is 0.490 e. The second-order valence-electron chi connectivity index (χ2n) is 5.03. The van der Waals surface area contributed by atoms with Crippen molar-refractivity contribution in [3.05, 3.63) is 0 Å². The third kappa shape index (κ3) is 5.89. The number of carboxylic acids is 1. The molecule has 0 aromatic rings. The highest BCUT2D eigenvalue weighted by Crippen LogP contribution is 2.19. The van der Waals surface area contributed by atoms with Crippen LogP contribution in [0.4, 0.5) is 13.2 Å². The fourth-order valence-electron chi connectivity index (χ4n) is 1.85. The zero-order valence-corrected chi connectivity index (χ0v) is 12.4. The average Bonchev–Trinajstić information content (AvgIpc) is 2.92. The van der Waals surface area contributed by atoms with Crippen molar-refractivity contribution in [3.8, 4) is 6.07 Å². The number of carbonyl (C=O) groups excluding carboxylic acids is 1. The Hall–Kier alpha value is -1.82. The third-order valence-corrected chi connectivity index (χ3v) is 3.47. The van der Waals surface area contributed by atoms with Gasteiger partial charge < -0.3 is 15.7 Å². The quantitative estimate of drug-likeness (QED) is 0.818. The molecular weight excluding hydrogens is 303 g/mol. The monoisotopic (exact) mass is 323 g/mol. The molecule has 1 saturated heterocycles. The molecule has 1 amide bonds. The molecule has 3 N–H and O–H groups in total. The molecule has 1 aliphatic heterocycles. The predicted octanol–water partition coefficient (Wildman–Crippen LogP) is 1.51. The summed E-state index contributed by atoms with van der Waals surface area (Å²) in [7, 11) is 0. The van der Waals surface area contributed by atoms with Gasteiger partial charge in [-0.2, -0.15) is 18.4 Å². The van der Waals surface area contributed by atoms with E-state index in [4.69, 9.17) is 20.9 Å². The first-order valence-electron chi connectivity index (χ1n) is 6.82. The molecule has 6 nitrogen and oxygen atoms in total. The van der Waals surface area contributed by atoms with Gasteiger partial charge >= 0.3 is 12.1 Å². The predicted molar refractivity (Wildman–Crippen MR) is 71.5 cm³/mol. The van der Waals surface area contributed by atoms with Gasteiger partial charge in [0.1, 0.15) is 6.04 Å². The van der Waals surface area contributed by atoms with Crippen LogP contribution < -0.4 is 5.73 Å². The minimum atomic E-state index is -5.08. The summed E-state index contributed by atoms with van der Waals surface area (Å²) in [5.41, 5.74) is 5.87. The van der Waals surface area contributed by atoms with Crippen LogP contribution in [0.1, 0.15) is 33.1 Å². The smallest absolute Gasteiger partial charge is 0.475 e. The Kier molecular flexibility index (Phi) is 7.87. The highest BCUT2D eigenvalue weighted by atomic mass is 19.4. The highest BCUT2D eigenvalue weighted by molar-refractivity contribution is 5.82. The van der Waals surface area contributed by atoms with Crippen molar-refractivity contribution in [1.29, 1.82) is 5.26 Å². The van der Waals surface area contributed by atoms with E-state index in [0.29, 0.717) is 6.54 Å². The number of carboxylic acid groups (broad SMARTS) is 1. The maximum absolute atomic E-state index is 12.0. The van der Waals surface area contributed by atoms with E-state index < -0.39 is 18.2 Å². The van der Waals surface area contributed by atoms with Crippen molar-refractivity contribution >= 4 is 11.9 Å².